The van der Waals surface area contributed by atoms with Crippen LogP contribution in [0.3, 0.4) is 0 Å². The van der Waals surface area contributed by atoms with Gasteiger partial charge >= 0.3 is 0 Å². The van der Waals surface area contributed by atoms with Crippen LogP contribution in [0.4, 0.5) is 5.82 Å². The van der Waals surface area contributed by atoms with Gasteiger partial charge in [0.2, 0.25) is 0 Å². The number of alkyl halides is 1. The van der Waals surface area contributed by atoms with Crippen LogP contribution < -0.4 is 4.90 Å². The van der Waals surface area contributed by atoms with Crippen LogP contribution in [-0.4, -0.2) is 28.9 Å². The summed E-state index contributed by atoms with van der Waals surface area (Å²) < 4.78 is 0. The summed E-state index contributed by atoms with van der Waals surface area (Å²) in [5.74, 6) is 2.42. The van der Waals surface area contributed by atoms with E-state index < -0.39 is 0 Å². The number of hydrogen-bond acceptors (Lipinski definition) is 4. The summed E-state index contributed by atoms with van der Waals surface area (Å²) >= 11 is 7.65. The fraction of sp³-hybridized carbons (Fsp3) is 0.500. The Morgan fingerprint density at radius 2 is 2.41 bits per heavy atom. The summed E-state index contributed by atoms with van der Waals surface area (Å²) in [6.07, 6.45) is 2.83. The molecule has 2 aromatic heterocycles. The van der Waals surface area contributed by atoms with Crippen molar-refractivity contribution in [3.63, 3.8) is 0 Å². The third kappa shape index (κ3) is 2.00. The van der Waals surface area contributed by atoms with Crippen LogP contribution in [0.1, 0.15) is 11.3 Å². The molecule has 3 heterocycles. The standard InChI is InChI=1S/C12H14ClN3S/c1-8-4-10-11(14-7-15-12(10)17-8)16-3-2-9(5-13)6-16/h4,7,9H,2-3,5-6H2,1H3. The number of thiophene rings is 1. The molecule has 0 aliphatic carbocycles. The molecule has 1 fully saturated rings. The molecule has 0 radical (unpaired) electrons. The summed E-state index contributed by atoms with van der Waals surface area (Å²) in [7, 11) is 0. The normalized spacial score (nSPS) is 20.4. The van der Waals surface area contributed by atoms with Crippen molar-refractivity contribution in [2.45, 2.75) is 13.3 Å². The van der Waals surface area contributed by atoms with Gasteiger partial charge in [-0.1, -0.05) is 0 Å². The Kier molecular flexibility index (Phi) is 2.92. The monoisotopic (exact) mass is 267 g/mol. The summed E-state index contributed by atoms with van der Waals surface area (Å²) in [6.45, 7) is 4.19. The SMILES string of the molecule is Cc1cc2c(N3CCC(CCl)C3)ncnc2s1. The molecule has 0 aromatic carbocycles. The van der Waals surface area contributed by atoms with E-state index in [4.69, 9.17) is 11.6 Å². The topological polar surface area (TPSA) is 29.0 Å². The lowest BCUT2D eigenvalue weighted by Gasteiger charge is -2.17. The number of hydrogen-bond donors (Lipinski definition) is 0. The summed E-state index contributed by atoms with van der Waals surface area (Å²) in [5.41, 5.74) is 0. The smallest absolute Gasteiger partial charge is 0.140 e. The molecule has 0 bridgehead atoms. The van der Waals surface area contributed by atoms with E-state index in [1.807, 2.05) is 0 Å². The molecule has 0 N–H and O–H groups in total. The first kappa shape index (κ1) is 11.2. The molecule has 3 nitrogen and oxygen atoms in total. The molecule has 0 saturated carbocycles. The second-order valence-electron chi connectivity index (χ2n) is 4.53. The quantitative estimate of drug-likeness (QED) is 0.783. The Bertz CT molecular complexity index is 540. The highest BCUT2D eigenvalue weighted by molar-refractivity contribution is 7.18. The lowest BCUT2D eigenvalue weighted by atomic mass is 10.2. The van der Waals surface area contributed by atoms with Crippen LogP contribution >= 0.6 is 22.9 Å². The molecule has 0 amide bonds. The highest BCUT2D eigenvalue weighted by Crippen LogP contribution is 2.32. The summed E-state index contributed by atoms with van der Waals surface area (Å²) in [4.78, 5) is 13.5. The maximum Gasteiger partial charge on any atom is 0.140 e. The Morgan fingerprint density at radius 3 is 3.18 bits per heavy atom. The van der Waals surface area contributed by atoms with Crippen LogP contribution in [0.5, 0.6) is 0 Å². The maximum atomic E-state index is 5.93. The van der Waals surface area contributed by atoms with E-state index in [0.29, 0.717) is 5.92 Å². The van der Waals surface area contributed by atoms with Crippen LogP contribution in [0.2, 0.25) is 0 Å². The minimum Gasteiger partial charge on any atom is -0.356 e. The molecule has 90 valence electrons. The third-order valence-electron chi connectivity index (χ3n) is 3.24. The van der Waals surface area contributed by atoms with Crippen LogP contribution in [0.15, 0.2) is 12.4 Å². The summed E-state index contributed by atoms with van der Waals surface area (Å²) in [5, 5.41) is 1.19. The molecule has 17 heavy (non-hydrogen) atoms. The third-order valence-corrected chi connectivity index (χ3v) is 4.63. The van der Waals surface area contributed by atoms with Gasteiger partial charge in [-0.25, -0.2) is 9.97 Å². The number of fused-ring (bicyclic) bond motifs is 1. The van der Waals surface area contributed by atoms with Crippen molar-refractivity contribution in [3.05, 3.63) is 17.3 Å². The van der Waals surface area contributed by atoms with Gasteiger partial charge in [-0.2, -0.15) is 0 Å². The largest absolute Gasteiger partial charge is 0.356 e. The number of halogens is 1. The number of nitrogens with zero attached hydrogens (tertiary/aromatic N) is 3. The van der Waals surface area contributed by atoms with Crippen LogP contribution in [0, 0.1) is 12.8 Å². The molecule has 1 aliphatic rings. The van der Waals surface area contributed by atoms with Gasteiger partial charge in [0.25, 0.3) is 0 Å². The zero-order valence-corrected chi connectivity index (χ0v) is 11.3. The van der Waals surface area contributed by atoms with E-state index in [1.54, 1.807) is 17.7 Å². The van der Waals surface area contributed by atoms with Crippen molar-refractivity contribution in [1.29, 1.82) is 0 Å². The minimum absolute atomic E-state index is 0.599. The maximum absolute atomic E-state index is 5.93. The van der Waals surface area contributed by atoms with E-state index in [2.05, 4.69) is 27.9 Å². The van der Waals surface area contributed by atoms with Gasteiger partial charge in [0.1, 0.15) is 17.0 Å². The predicted octanol–water partition coefficient (Wildman–Crippen LogP) is 3.06. The predicted molar refractivity (Wildman–Crippen MR) is 73.2 cm³/mol. The van der Waals surface area contributed by atoms with Crippen molar-refractivity contribution in [2.75, 3.05) is 23.9 Å². The van der Waals surface area contributed by atoms with Crippen molar-refractivity contribution in [1.82, 2.24) is 9.97 Å². The first-order valence-corrected chi connectivity index (χ1v) is 7.15. The highest BCUT2D eigenvalue weighted by Gasteiger charge is 2.24. The van der Waals surface area contributed by atoms with Gasteiger partial charge < -0.3 is 4.90 Å². The average molecular weight is 268 g/mol. The van der Waals surface area contributed by atoms with Gasteiger partial charge in [0, 0.05) is 23.8 Å². The molecule has 5 heteroatoms. The van der Waals surface area contributed by atoms with Gasteiger partial charge in [0.05, 0.1) is 5.39 Å². The lowest BCUT2D eigenvalue weighted by Crippen LogP contribution is -2.21. The van der Waals surface area contributed by atoms with Crippen molar-refractivity contribution in [2.24, 2.45) is 5.92 Å². The number of aryl methyl sites for hydroxylation is 1. The molecular formula is C12H14ClN3S. The van der Waals surface area contributed by atoms with Gasteiger partial charge in [-0.05, 0) is 25.3 Å². The van der Waals surface area contributed by atoms with E-state index in [-0.39, 0.29) is 0 Å². The van der Waals surface area contributed by atoms with Gasteiger partial charge in [0.15, 0.2) is 0 Å². The number of anilines is 1. The first-order valence-electron chi connectivity index (χ1n) is 5.80. The Morgan fingerprint density at radius 1 is 1.53 bits per heavy atom. The second-order valence-corrected chi connectivity index (χ2v) is 6.07. The van der Waals surface area contributed by atoms with E-state index in [9.17, 15) is 0 Å². The molecule has 1 atom stereocenters. The molecule has 1 aliphatic heterocycles. The van der Waals surface area contributed by atoms with Gasteiger partial charge in [-0.3, -0.25) is 0 Å². The molecule has 1 saturated heterocycles. The highest BCUT2D eigenvalue weighted by atomic mass is 35.5. The zero-order valence-electron chi connectivity index (χ0n) is 9.69. The van der Waals surface area contributed by atoms with Crippen LogP contribution in [0.25, 0.3) is 10.2 Å². The molecule has 1 unspecified atom stereocenters. The number of aromatic nitrogens is 2. The van der Waals surface area contributed by atoms with Crippen molar-refractivity contribution < 1.29 is 0 Å². The van der Waals surface area contributed by atoms with E-state index in [0.717, 1.165) is 36.0 Å². The first-order chi connectivity index (χ1) is 8.28. The van der Waals surface area contributed by atoms with Crippen molar-refractivity contribution in [3.8, 4) is 0 Å². The van der Waals surface area contributed by atoms with E-state index >= 15 is 0 Å². The Hall–Kier alpha value is -0.870. The molecule has 3 rings (SSSR count). The van der Waals surface area contributed by atoms with Gasteiger partial charge in [-0.15, -0.1) is 22.9 Å². The summed E-state index contributed by atoms with van der Waals surface area (Å²) in [6, 6.07) is 2.18. The lowest BCUT2D eigenvalue weighted by molar-refractivity contribution is 0.666. The fourth-order valence-electron chi connectivity index (χ4n) is 2.37. The number of rotatable bonds is 2. The van der Waals surface area contributed by atoms with E-state index in [1.165, 1.54) is 10.3 Å². The molecular weight excluding hydrogens is 254 g/mol. The van der Waals surface area contributed by atoms with Crippen molar-refractivity contribution >= 4 is 39.0 Å². The van der Waals surface area contributed by atoms with Crippen LogP contribution in [-0.2, 0) is 0 Å². The second kappa shape index (κ2) is 4.42. The molecule has 2 aromatic rings. The zero-order chi connectivity index (χ0) is 11.8. The Labute approximate surface area is 109 Å². The Balaban J connectivity index is 2.00. The average Bonchev–Trinajstić information content (AvgIpc) is 2.92. The minimum atomic E-state index is 0.599. The molecule has 0 spiro atoms. The fourth-order valence-corrected chi connectivity index (χ4v) is 3.46.